The molecular weight excluding hydrogens is 344 g/mol. The molecule has 0 aliphatic heterocycles. The number of thiazole rings is 1. The van der Waals surface area contributed by atoms with Gasteiger partial charge in [0.15, 0.2) is 0 Å². The lowest BCUT2D eigenvalue weighted by Gasteiger charge is -2.05. The molecule has 0 bridgehead atoms. The van der Waals surface area contributed by atoms with Crippen molar-refractivity contribution in [1.82, 2.24) is 4.98 Å². The summed E-state index contributed by atoms with van der Waals surface area (Å²) in [6.45, 7) is 3.81. The van der Waals surface area contributed by atoms with Crippen LogP contribution in [-0.2, 0) is 0 Å². The Kier molecular flexibility index (Phi) is 4.78. The minimum atomic E-state index is -0.211. The van der Waals surface area contributed by atoms with Crippen molar-refractivity contribution in [3.8, 4) is 0 Å². The van der Waals surface area contributed by atoms with E-state index in [0.29, 0.717) is 21.4 Å². The van der Waals surface area contributed by atoms with E-state index in [0.717, 1.165) is 15.9 Å². The van der Waals surface area contributed by atoms with Crippen molar-refractivity contribution in [1.29, 1.82) is 0 Å². The summed E-state index contributed by atoms with van der Waals surface area (Å²) in [5.41, 5.74) is 5.83. The first kappa shape index (κ1) is 16.4. The Labute approximate surface area is 148 Å². The molecule has 2 aromatic carbocycles. The largest absolute Gasteiger partial charge is 0.322 e. The number of fused-ring (bicyclic) bond motifs is 1. The quantitative estimate of drug-likeness (QED) is 0.509. The van der Waals surface area contributed by atoms with Crippen molar-refractivity contribution in [2.45, 2.75) is 13.8 Å². The first-order valence-corrected chi connectivity index (χ1v) is 8.45. The molecule has 2 N–H and O–H groups in total. The van der Waals surface area contributed by atoms with Crippen LogP contribution >= 0.6 is 22.9 Å². The highest BCUT2D eigenvalue weighted by Crippen LogP contribution is 2.28. The first-order valence-electron chi connectivity index (χ1n) is 7.26. The Hall–Kier alpha value is -2.44. The Bertz CT molecular complexity index is 931. The van der Waals surface area contributed by atoms with E-state index < -0.39 is 0 Å². The lowest BCUT2D eigenvalue weighted by molar-refractivity contribution is 0.102. The molecule has 122 valence electrons. The minimum absolute atomic E-state index is 0.211. The maximum absolute atomic E-state index is 12.3. The van der Waals surface area contributed by atoms with Crippen LogP contribution in [0.2, 0.25) is 5.02 Å². The number of anilines is 2. The van der Waals surface area contributed by atoms with Crippen molar-refractivity contribution in [2.75, 3.05) is 10.7 Å². The summed E-state index contributed by atoms with van der Waals surface area (Å²) in [6, 6.07) is 12.4. The van der Waals surface area contributed by atoms with Gasteiger partial charge in [0.05, 0.1) is 10.2 Å². The first-order chi connectivity index (χ1) is 11.5. The fourth-order valence-corrected chi connectivity index (χ4v) is 3.02. The summed E-state index contributed by atoms with van der Waals surface area (Å²) in [5.74, 6) is -0.211. The van der Waals surface area contributed by atoms with E-state index in [4.69, 9.17) is 11.6 Å². The number of halogens is 1. The Morgan fingerprint density at radius 2 is 2.04 bits per heavy atom. The third-order valence-corrected chi connectivity index (χ3v) is 4.28. The van der Waals surface area contributed by atoms with Crippen molar-refractivity contribution >= 4 is 55.6 Å². The van der Waals surface area contributed by atoms with Gasteiger partial charge in [0.25, 0.3) is 5.91 Å². The number of benzene rings is 2. The van der Waals surface area contributed by atoms with Gasteiger partial charge in [-0.3, -0.25) is 10.2 Å². The SMILES string of the molecule is CC(C)=NNc1nc2cc(NC(=O)c3cccc(Cl)c3)ccc2s1. The number of carbonyl (C=O) groups excluding carboxylic acids is 1. The van der Waals surface area contributed by atoms with Gasteiger partial charge in [0.2, 0.25) is 5.13 Å². The summed E-state index contributed by atoms with van der Waals surface area (Å²) < 4.78 is 1.02. The van der Waals surface area contributed by atoms with Crippen molar-refractivity contribution < 1.29 is 4.79 Å². The van der Waals surface area contributed by atoms with Gasteiger partial charge < -0.3 is 5.32 Å². The van der Waals surface area contributed by atoms with Crippen LogP contribution in [0, 0.1) is 0 Å². The van der Waals surface area contributed by atoms with Gasteiger partial charge in [-0.15, -0.1) is 0 Å². The fraction of sp³-hybridized carbons (Fsp3) is 0.118. The predicted molar refractivity (Wildman–Crippen MR) is 101 cm³/mol. The van der Waals surface area contributed by atoms with Gasteiger partial charge in [-0.1, -0.05) is 29.0 Å². The standard InChI is InChI=1S/C17H15ClN4OS/c1-10(2)21-22-17-20-14-9-13(6-7-15(14)24-17)19-16(23)11-4-3-5-12(18)8-11/h3-9H,1-2H3,(H,19,23)(H,20,22). The molecule has 7 heteroatoms. The van der Waals surface area contributed by atoms with Crippen molar-refractivity contribution in [3.05, 3.63) is 53.1 Å². The molecule has 5 nitrogen and oxygen atoms in total. The molecule has 24 heavy (non-hydrogen) atoms. The van der Waals surface area contributed by atoms with Crippen LogP contribution in [-0.4, -0.2) is 16.6 Å². The van der Waals surface area contributed by atoms with Gasteiger partial charge in [-0.05, 0) is 50.2 Å². The number of hydrazone groups is 1. The van der Waals surface area contributed by atoms with Gasteiger partial charge in [-0.25, -0.2) is 4.98 Å². The van der Waals surface area contributed by atoms with Crippen LogP contribution in [0.3, 0.4) is 0 Å². The van der Waals surface area contributed by atoms with E-state index in [-0.39, 0.29) is 5.91 Å². The molecule has 0 radical (unpaired) electrons. The van der Waals surface area contributed by atoms with Crippen LogP contribution in [0.4, 0.5) is 10.8 Å². The number of hydrogen-bond donors (Lipinski definition) is 2. The molecule has 1 amide bonds. The molecule has 1 heterocycles. The van der Waals surface area contributed by atoms with Crippen LogP contribution in [0.1, 0.15) is 24.2 Å². The number of nitrogens with zero attached hydrogens (tertiary/aromatic N) is 2. The van der Waals surface area contributed by atoms with Crippen LogP contribution in [0.15, 0.2) is 47.6 Å². The predicted octanol–water partition coefficient (Wildman–Crippen LogP) is 5.01. The average Bonchev–Trinajstić information content (AvgIpc) is 2.95. The van der Waals surface area contributed by atoms with Gasteiger partial charge in [0, 0.05) is 22.0 Å². The molecule has 0 atom stereocenters. The van der Waals surface area contributed by atoms with Crippen LogP contribution in [0.25, 0.3) is 10.2 Å². The minimum Gasteiger partial charge on any atom is -0.322 e. The summed E-state index contributed by atoms with van der Waals surface area (Å²) in [4.78, 5) is 16.7. The topological polar surface area (TPSA) is 66.4 Å². The molecule has 0 saturated carbocycles. The van der Waals surface area contributed by atoms with Crippen LogP contribution in [0.5, 0.6) is 0 Å². The van der Waals surface area contributed by atoms with Crippen molar-refractivity contribution in [2.24, 2.45) is 5.10 Å². The molecule has 0 saturated heterocycles. The zero-order valence-corrected chi connectivity index (χ0v) is 14.7. The highest BCUT2D eigenvalue weighted by atomic mass is 35.5. The zero-order chi connectivity index (χ0) is 17.1. The van der Waals surface area contributed by atoms with E-state index in [9.17, 15) is 4.79 Å². The summed E-state index contributed by atoms with van der Waals surface area (Å²) >= 11 is 7.42. The lowest BCUT2D eigenvalue weighted by Crippen LogP contribution is -2.11. The smallest absolute Gasteiger partial charge is 0.255 e. The number of carbonyl (C=O) groups is 1. The van der Waals surface area contributed by atoms with Gasteiger partial charge in [0.1, 0.15) is 0 Å². The van der Waals surface area contributed by atoms with Crippen molar-refractivity contribution in [3.63, 3.8) is 0 Å². The Balaban J connectivity index is 1.80. The fourth-order valence-electron chi connectivity index (χ4n) is 2.05. The second kappa shape index (κ2) is 6.98. The zero-order valence-electron chi connectivity index (χ0n) is 13.1. The van der Waals surface area contributed by atoms with Gasteiger partial charge >= 0.3 is 0 Å². The summed E-state index contributed by atoms with van der Waals surface area (Å²) in [7, 11) is 0. The lowest BCUT2D eigenvalue weighted by atomic mass is 10.2. The average molecular weight is 359 g/mol. The monoisotopic (exact) mass is 358 g/mol. The highest BCUT2D eigenvalue weighted by molar-refractivity contribution is 7.22. The number of nitrogens with one attached hydrogen (secondary N) is 2. The molecule has 0 aliphatic carbocycles. The number of rotatable bonds is 4. The molecule has 1 aromatic heterocycles. The third-order valence-electron chi connectivity index (χ3n) is 3.11. The Morgan fingerprint density at radius 1 is 1.21 bits per heavy atom. The molecular formula is C17H15ClN4OS. The molecule has 0 fully saturated rings. The van der Waals surface area contributed by atoms with E-state index >= 15 is 0 Å². The van der Waals surface area contributed by atoms with E-state index in [2.05, 4.69) is 20.8 Å². The van der Waals surface area contributed by atoms with E-state index in [1.807, 2.05) is 32.0 Å². The maximum atomic E-state index is 12.3. The third kappa shape index (κ3) is 3.90. The molecule has 3 rings (SSSR count). The van der Waals surface area contributed by atoms with E-state index in [1.165, 1.54) is 11.3 Å². The normalized spacial score (nSPS) is 10.5. The maximum Gasteiger partial charge on any atom is 0.255 e. The molecule has 3 aromatic rings. The van der Waals surface area contributed by atoms with Gasteiger partial charge in [-0.2, -0.15) is 5.10 Å². The number of hydrogen-bond acceptors (Lipinski definition) is 5. The number of amides is 1. The molecule has 0 aliphatic rings. The molecule has 0 unspecified atom stereocenters. The van der Waals surface area contributed by atoms with E-state index in [1.54, 1.807) is 24.3 Å². The summed E-state index contributed by atoms with van der Waals surface area (Å²) in [6.07, 6.45) is 0. The highest BCUT2D eigenvalue weighted by Gasteiger charge is 2.09. The summed E-state index contributed by atoms with van der Waals surface area (Å²) in [5, 5.41) is 8.24. The second-order valence-electron chi connectivity index (χ2n) is 5.34. The Morgan fingerprint density at radius 3 is 2.79 bits per heavy atom. The second-order valence-corrected chi connectivity index (χ2v) is 6.80. The molecule has 0 spiro atoms. The number of aromatic nitrogens is 1. The van der Waals surface area contributed by atoms with Crippen LogP contribution < -0.4 is 10.7 Å².